The van der Waals surface area contributed by atoms with Crippen LogP contribution in [0.4, 0.5) is 5.69 Å². The Balaban J connectivity index is 2.12. The molecule has 3 aromatic rings. The highest BCUT2D eigenvalue weighted by Crippen LogP contribution is 2.17. The number of benzene rings is 1. The molecule has 0 radical (unpaired) electrons. The number of nitrogens with zero attached hydrogens (tertiary/aromatic N) is 6. The van der Waals surface area contributed by atoms with Crippen molar-refractivity contribution in [1.82, 2.24) is 25.2 Å². The normalized spacial score (nSPS) is 10.7. The van der Waals surface area contributed by atoms with E-state index in [4.69, 9.17) is 0 Å². The van der Waals surface area contributed by atoms with Gasteiger partial charge in [0.25, 0.3) is 5.69 Å². The van der Waals surface area contributed by atoms with Crippen molar-refractivity contribution in [3.05, 3.63) is 46.8 Å². The minimum Gasteiger partial charge on any atom is -0.258 e. The summed E-state index contributed by atoms with van der Waals surface area (Å²) < 4.78 is 1.55. The van der Waals surface area contributed by atoms with E-state index in [1.54, 1.807) is 16.8 Å². The molecule has 0 N–H and O–H groups in total. The second-order valence-corrected chi connectivity index (χ2v) is 3.53. The van der Waals surface area contributed by atoms with E-state index in [9.17, 15) is 10.1 Å². The number of hydrogen-bond acceptors (Lipinski definition) is 6. The molecule has 0 aliphatic heterocycles. The second-order valence-electron chi connectivity index (χ2n) is 3.53. The molecule has 0 spiro atoms. The molecule has 1 aromatic carbocycles. The molecular weight excluding hydrogens is 236 g/mol. The molecule has 3 rings (SSSR count). The average Bonchev–Trinajstić information content (AvgIpc) is 2.82. The Morgan fingerprint density at radius 3 is 2.56 bits per heavy atom. The third-order valence-corrected chi connectivity index (χ3v) is 2.46. The molecule has 0 aliphatic carbocycles. The number of hydrogen-bond donors (Lipinski definition) is 0. The molecule has 0 saturated carbocycles. The Morgan fingerprint density at radius 1 is 1.11 bits per heavy atom. The van der Waals surface area contributed by atoms with Crippen molar-refractivity contribution < 1.29 is 4.92 Å². The maximum atomic E-state index is 10.6. The van der Waals surface area contributed by atoms with Crippen LogP contribution in [0.3, 0.4) is 0 Å². The molecule has 0 bridgehead atoms. The Kier molecular flexibility index (Phi) is 2.19. The Morgan fingerprint density at radius 2 is 1.83 bits per heavy atom. The predicted octanol–water partition coefficient (Wildman–Crippen LogP) is 1.12. The van der Waals surface area contributed by atoms with Gasteiger partial charge in [-0.2, -0.15) is 10.2 Å². The SMILES string of the molecule is O=[N+]([O-])c1ccc(-n2nnc3cnncc32)cc1. The van der Waals surface area contributed by atoms with E-state index in [1.807, 2.05) is 0 Å². The monoisotopic (exact) mass is 242 g/mol. The summed E-state index contributed by atoms with van der Waals surface area (Å²) in [4.78, 5) is 10.1. The van der Waals surface area contributed by atoms with Crippen molar-refractivity contribution in [2.75, 3.05) is 0 Å². The molecule has 0 amide bonds. The molecule has 0 unspecified atom stereocenters. The molecule has 88 valence electrons. The first kappa shape index (κ1) is 10.3. The van der Waals surface area contributed by atoms with Crippen molar-refractivity contribution >= 4 is 16.7 Å². The van der Waals surface area contributed by atoms with Gasteiger partial charge in [-0.25, -0.2) is 4.68 Å². The van der Waals surface area contributed by atoms with E-state index >= 15 is 0 Å². The van der Waals surface area contributed by atoms with Gasteiger partial charge < -0.3 is 0 Å². The van der Waals surface area contributed by atoms with Crippen LogP contribution in [0, 0.1) is 10.1 Å². The molecule has 2 aromatic heterocycles. The van der Waals surface area contributed by atoms with Crippen LogP contribution < -0.4 is 0 Å². The molecule has 0 saturated heterocycles. The third kappa shape index (κ3) is 1.56. The highest BCUT2D eigenvalue weighted by Gasteiger charge is 2.09. The molecule has 0 aliphatic rings. The topological polar surface area (TPSA) is 99.6 Å². The summed E-state index contributed by atoms with van der Waals surface area (Å²) in [5, 5.41) is 25.9. The van der Waals surface area contributed by atoms with Crippen LogP contribution in [0.1, 0.15) is 0 Å². The number of rotatable bonds is 2. The maximum absolute atomic E-state index is 10.6. The summed E-state index contributed by atoms with van der Waals surface area (Å²) in [6.07, 6.45) is 3.04. The average molecular weight is 242 g/mol. The Bertz CT molecular complexity index is 721. The summed E-state index contributed by atoms with van der Waals surface area (Å²) in [5.41, 5.74) is 2.02. The van der Waals surface area contributed by atoms with Gasteiger partial charge in [0, 0.05) is 12.1 Å². The fourth-order valence-electron chi connectivity index (χ4n) is 1.60. The lowest BCUT2D eigenvalue weighted by Crippen LogP contribution is -1.97. The van der Waals surface area contributed by atoms with Gasteiger partial charge in [0.2, 0.25) is 0 Å². The summed E-state index contributed by atoms with van der Waals surface area (Å²) >= 11 is 0. The Hall–Kier alpha value is -2.90. The Labute approximate surface area is 100 Å². The zero-order valence-corrected chi connectivity index (χ0v) is 8.96. The van der Waals surface area contributed by atoms with Crippen LogP contribution in [-0.2, 0) is 0 Å². The lowest BCUT2D eigenvalue weighted by molar-refractivity contribution is -0.384. The zero-order chi connectivity index (χ0) is 12.5. The minimum absolute atomic E-state index is 0.0305. The molecule has 8 heteroatoms. The highest BCUT2D eigenvalue weighted by molar-refractivity contribution is 5.73. The highest BCUT2D eigenvalue weighted by atomic mass is 16.6. The van der Waals surface area contributed by atoms with Crippen LogP contribution in [0.5, 0.6) is 0 Å². The second kappa shape index (κ2) is 3.84. The van der Waals surface area contributed by atoms with Gasteiger partial charge in [-0.15, -0.1) is 5.10 Å². The molecule has 8 nitrogen and oxygen atoms in total. The summed E-state index contributed by atoms with van der Waals surface area (Å²) in [6, 6.07) is 6.04. The van der Waals surface area contributed by atoms with Crippen LogP contribution in [0.25, 0.3) is 16.7 Å². The minimum atomic E-state index is -0.450. The van der Waals surface area contributed by atoms with Crippen molar-refractivity contribution in [1.29, 1.82) is 0 Å². The van der Waals surface area contributed by atoms with Gasteiger partial charge >= 0.3 is 0 Å². The van der Waals surface area contributed by atoms with Gasteiger partial charge in [0.1, 0.15) is 11.0 Å². The van der Waals surface area contributed by atoms with Crippen LogP contribution in [-0.4, -0.2) is 30.1 Å². The van der Waals surface area contributed by atoms with E-state index in [2.05, 4.69) is 20.5 Å². The molecular formula is C10H6N6O2. The first-order valence-electron chi connectivity index (χ1n) is 5.02. The van der Waals surface area contributed by atoms with Gasteiger partial charge in [-0.1, -0.05) is 5.21 Å². The predicted molar refractivity (Wildman–Crippen MR) is 61.1 cm³/mol. The standard InChI is InChI=1S/C10H6N6O2/c17-16(18)8-3-1-7(2-4-8)15-10-6-12-11-5-9(10)13-14-15/h1-6H. The zero-order valence-electron chi connectivity index (χ0n) is 8.96. The van der Waals surface area contributed by atoms with Crippen molar-refractivity contribution in [3.8, 4) is 5.69 Å². The van der Waals surface area contributed by atoms with Crippen molar-refractivity contribution in [3.63, 3.8) is 0 Å². The number of aromatic nitrogens is 5. The van der Waals surface area contributed by atoms with E-state index in [0.29, 0.717) is 16.7 Å². The van der Waals surface area contributed by atoms with E-state index < -0.39 is 4.92 Å². The fraction of sp³-hybridized carbons (Fsp3) is 0. The summed E-state index contributed by atoms with van der Waals surface area (Å²) in [5.74, 6) is 0. The van der Waals surface area contributed by atoms with E-state index in [-0.39, 0.29) is 5.69 Å². The number of nitro groups is 1. The van der Waals surface area contributed by atoms with E-state index in [0.717, 1.165) is 0 Å². The number of non-ortho nitro benzene ring substituents is 1. The maximum Gasteiger partial charge on any atom is 0.269 e. The smallest absolute Gasteiger partial charge is 0.258 e. The third-order valence-electron chi connectivity index (χ3n) is 2.46. The van der Waals surface area contributed by atoms with Crippen LogP contribution in [0.15, 0.2) is 36.7 Å². The van der Waals surface area contributed by atoms with Gasteiger partial charge in [0.15, 0.2) is 0 Å². The van der Waals surface area contributed by atoms with Crippen molar-refractivity contribution in [2.24, 2.45) is 0 Å². The number of fused-ring (bicyclic) bond motifs is 1. The molecule has 2 heterocycles. The van der Waals surface area contributed by atoms with Gasteiger partial charge in [0.05, 0.1) is 23.0 Å². The first-order valence-corrected chi connectivity index (χ1v) is 5.02. The first-order chi connectivity index (χ1) is 8.75. The lowest BCUT2D eigenvalue weighted by Gasteiger charge is -2.00. The fourth-order valence-corrected chi connectivity index (χ4v) is 1.60. The van der Waals surface area contributed by atoms with Crippen LogP contribution >= 0.6 is 0 Å². The summed E-state index contributed by atoms with van der Waals surface area (Å²) in [7, 11) is 0. The quantitative estimate of drug-likeness (QED) is 0.493. The molecule has 18 heavy (non-hydrogen) atoms. The molecule has 0 atom stereocenters. The lowest BCUT2D eigenvalue weighted by atomic mass is 10.3. The van der Waals surface area contributed by atoms with Gasteiger partial charge in [-0.3, -0.25) is 10.1 Å². The van der Waals surface area contributed by atoms with Crippen molar-refractivity contribution in [2.45, 2.75) is 0 Å². The van der Waals surface area contributed by atoms with Gasteiger partial charge in [-0.05, 0) is 12.1 Å². The number of nitro benzene ring substituents is 1. The largest absolute Gasteiger partial charge is 0.269 e. The van der Waals surface area contributed by atoms with Crippen LogP contribution in [0.2, 0.25) is 0 Å². The molecule has 0 fully saturated rings. The van der Waals surface area contributed by atoms with E-state index in [1.165, 1.54) is 24.5 Å². The summed E-state index contributed by atoms with van der Waals surface area (Å²) in [6.45, 7) is 0.